The van der Waals surface area contributed by atoms with Crippen molar-refractivity contribution >= 4 is 0 Å². The van der Waals surface area contributed by atoms with E-state index in [0.29, 0.717) is 13.2 Å². The first kappa shape index (κ1) is 20.8. The molecule has 0 unspecified atom stereocenters. The van der Waals surface area contributed by atoms with Gasteiger partial charge in [0.25, 0.3) is 0 Å². The molecular weight excluding hydrogens is 332 g/mol. The highest BCUT2D eigenvalue weighted by molar-refractivity contribution is 5.41. The van der Waals surface area contributed by atoms with E-state index in [1.165, 1.54) is 22.3 Å². The number of rotatable bonds is 8. The maximum Gasteiger partial charge on any atom is 0.119 e. The summed E-state index contributed by atoms with van der Waals surface area (Å²) in [5, 5.41) is 0. The van der Waals surface area contributed by atoms with Gasteiger partial charge in [-0.25, -0.2) is 0 Å². The van der Waals surface area contributed by atoms with Gasteiger partial charge in [0, 0.05) is 5.41 Å². The third-order valence-electron chi connectivity index (χ3n) is 4.64. The molecule has 0 spiro atoms. The highest BCUT2D eigenvalue weighted by atomic mass is 16.5. The van der Waals surface area contributed by atoms with Gasteiger partial charge in [-0.1, -0.05) is 49.3 Å². The summed E-state index contributed by atoms with van der Waals surface area (Å²) < 4.78 is 11.5. The Morgan fingerprint density at radius 1 is 0.667 bits per heavy atom. The van der Waals surface area contributed by atoms with Crippen LogP contribution in [0.3, 0.4) is 0 Å². The van der Waals surface area contributed by atoms with Crippen LogP contribution in [0.5, 0.6) is 11.5 Å². The molecule has 0 N–H and O–H groups in total. The second kappa shape index (κ2) is 9.45. The molecule has 0 aliphatic carbocycles. The van der Waals surface area contributed by atoms with Crippen LogP contribution in [0, 0.1) is 0 Å². The summed E-state index contributed by atoms with van der Waals surface area (Å²) in [5.74, 6) is 1.80. The molecule has 0 heterocycles. The van der Waals surface area contributed by atoms with E-state index in [2.05, 4.69) is 78.0 Å². The monoisotopic (exact) mass is 364 g/mol. The van der Waals surface area contributed by atoms with Gasteiger partial charge in [0.05, 0.1) is 0 Å². The van der Waals surface area contributed by atoms with E-state index < -0.39 is 0 Å². The summed E-state index contributed by atoms with van der Waals surface area (Å²) in [6.45, 7) is 14.0. The smallest absolute Gasteiger partial charge is 0.119 e. The molecule has 0 aromatic heterocycles. The van der Waals surface area contributed by atoms with Crippen molar-refractivity contribution in [3.8, 4) is 11.5 Å². The average Bonchev–Trinajstić information content (AvgIpc) is 2.62. The summed E-state index contributed by atoms with van der Waals surface area (Å²) >= 11 is 0. The minimum atomic E-state index is -0.0864. The van der Waals surface area contributed by atoms with Gasteiger partial charge >= 0.3 is 0 Å². The zero-order valence-electron chi connectivity index (χ0n) is 17.5. The van der Waals surface area contributed by atoms with Crippen LogP contribution in [-0.4, -0.2) is 13.2 Å². The van der Waals surface area contributed by atoms with Crippen LogP contribution in [0.4, 0.5) is 0 Å². The second-order valence-electron chi connectivity index (χ2n) is 7.86. The molecule has 2 aromatic carbocycles. The molecule has 2 heteroatoms. The standard InChI is InChI=1S/C25H32O2/c1-19(2)15-17-26-23-11-7-21(8-12-23)25(5,6)22-9-13-24(14-10-22)27-18-16-20(3)4/h7-16H,17-18H2,1-6H3. The average molecular weight is 365 g/mol. The third-order valence-corrected chi connectivity index (χ3v) is 4.64. The van der Waals surface area contributed by atoms with Crippen LogP contribution >= 0.6 is 0 Å². The minimum Gasteiger partial charge on any atom is -0.490 e. The van der Waals surface area contributed by atoms with E-state index in [0.717, 1.165) is 11.5 Å². The summed E-state index contributed by atoms with van der Waals surface area (Å²) in [5.41, 5.74) is 4.96. The number of allylic oxidation sites excluding steroid dienone is 2. The number of hydrogen-bond acceptors (Lipinski definition) is 2. The molecular formula is C25H32O2. The molecule has 2 rings (SSSR count). The van der Waals surface area contributed by atoms with Crippen LogP contribution in [0.15, 0.2) is 71.8 Å². The summed E-state index contributed by atoms with van der Waals surface area (Å²) in [7, 11) is 0. The van der Waals surface area contributed by atoms with Crippen molar-refractivity contribution in [2.75, 3.05) is 13.2 Å². The Kier molecular flexibility index (Phi) is 7.29. The first-order valence-electron chi connectivity index (χ1n) is 9.52. The minimum absolute atomic E-state index is 0.0864. The van der Waals surface area contributed by atoms with E-state index in [4.69, 9.17) is 9.47 Å². The van der Waals surface area contributed by atoms with Crippen molar-refractivity contribution in [1.82, 2.24) is 0 Å². The van der Waals surface area contributed by atoms with Crippen LogP contribution < -0.4 is 9.47 Å². The van der Waals surface area contributed by atoms with Gasteiger partial charge < -0.3 is 9.47 Å². The van der Waals surface area contributed by atoms with E-state index in [-0.39, 0.29) is 5.41 Å². The fraction of sp³-hybridized carbons (Fsp3) is 0.360. The largest absolute Gasteiger partial charge is 0.490 e. The number of benzene rings is 2. The van der Waals surface area contributed by atoms with Crippen LogP contribution in [0.25, 0.3) is 0 Å². The van der Waals surface area contributed by atoms with Crippen molar-refractivity contribution < 1.29 is 9.47 Å². The Bertz CT molecular complexity index is 703. The second-order valence-corrected chi connectivity index (χ2v) is 7.86. The van der Waals surface area contributed by atoms with Crippen molar-refractivity contribution in [3.05, 3.63) is 83.0 Å². The predicted molar refractivity (Wildman–Crippen MR) is 115 cm³/mol. The van der Waals surface area contributed by atoms with E-state index in [9.17, 15) is 0 Å². The van der Waals surface area contributed by atoms with Gasteiger partial charge in [-0.2, -0.15) is 0 Å². The molecule has 0 atom stereocenters. The van der Waals surface area contributed by atoms with Gasteiger partial charge in [0.1, 0.15) is 24.7 Å². The quantitative estimate of drug-likeness (QED) is 0.485. The van der Waals surface area contributed by atoms with Crippen molar-refractivity contribution in [2.45, 2.75) is 47.0 Å². The van der Waals surface area contributed by atoms with Gasteiger partial charge in [0.15, 0.2) is 0 Å². The molecule has 0 saturated carbocycles. The number of hydrogen-bond donors (Lipinski definition) is 0. The van der Waals surface area contributed by atoms with E-state index in [1.54, 1.807) is 0 Å². The molecule has 0 aliphatic heterocycles. The molecule has 0 saturated heterocycles. The fourth-order valence-corrected chi connectivity index (χ4v) is 2.71. The number of ether oxygens (including phenoxy) is 2. The molecule has 2 aromatic rings. The third kappa shape index (κ3) is 6.32. The van der Waals surface area contributed by atoms with Crippen molar-refractivity contribution in [1.29, 1.82) is 0 Å². The Morgan fingerprint density at radius 3 is 1.30 bits per heavy atom. The molecule has 0 bridgehead atoms. The van der Waals surface area contributed by atoms with Crippen LogP contribution in [0.2, 0.25) is 0 Å². The SMILES string of the molecule is CC(C)=CCOc1ccc(C(C)(C)c2ccc(OCC=C(C)C)cc2)cc1. The van der Waals surface area contributed by atoms with Gasteiger partial charge in [-0.05, 0) is 75.2 Å². The van der Waals surface area contributed by atoms with Crippen LogP contribution in [0.1, 0.15) is 52.7 Å². The molecule has 2 nitrogen and oxygen atoms in total. The molecule has 27 heavy (non-hydrogen) atoms. The zero-order chi connectivity index (χ0) is 19.9. The predicted octanol–water partition coefficient (Wildman–Crippen LogP) is 6.70. The summed E-state index contributed by atoms with van der Waals surface area (Å²) in [4.78, 5) is 0. The van der Waals surface area contributed by atoms with E-state index in [1.807, 2.05) is 24.3 Å². The lowest BCUT2D eigenvalue weighted by molar-refractivity contribution is 0.361. The lowest BCUT2D eigenvalue weighted by Gasteiger charge is -2.26. The van der Waals surface area contributed by atoms with Gasteiger partial charge in [-0.15, -0.1) is 0 Å². The summed E-state index contributed by atoms with van der Waals surface area (Å²) in [6, 6.07) is 16.8. The lowest BCUT2D eigenvalue weighted by Crippen LogP contribution is -2.18. The zero-order valence-corrected chi connectivity index (χ0v) is 17.5. The molecule has 0 aliphatic rings. The first-order valence-corrected chi connectivity index (χ1v) is 9.52. The molecule has 0 fully saturated rings. The lowest BCUT2D eigenvalue weighted by atomic mass is 9.78. The maximum atomic E-state index is 5.76. The Balaban J connectivity index is 2.06. The van der Waals surface area contributed by atoms with E-state index >= 15 is 0 Å². The molecule has 144 valence electrons. The van der Waals surface area contributed by atoms with Gasteiger partial charge in [0.2, 0.25) is 0 Å². The van der Waals surface area contributed by atoms with Crippen LogP contribution in [-0.2, 0) is 5.41 Å². The molecule has 0 amide bonds. The first-order chi connectivity index (χ1) is 12.8. The highest BCUT2D eigenvalue weighted by Crippen LogP contribution is 2.33. The highest BCUT2D eigenvalue weighted by Gasteiger charge is 2.23. The van der Waals surface area contributed by atoms with Gasteiger partial charge in [-0.3, -0.25) is 0 Å². The fourth-order valence-electron chi connectivity index (χ4n) is 2.71. The Morgan fingerprint density at radius 2 is 1.00 bits per heavy atom. The molecule has 0 radical (unpaired) electrons. The normalized spacial score (nSPS) is 10.9. The summed E-state index contributed by atoms with van der Waals surface area (Å²) in [6.07, 6.45) is 4.16. The Labute approximate surface area is 164 Å². The topological polar surface area (TPSA) is 18.5 Å². The van der Waals surface area contributed by atoms with Crippen molar-refractivity contribution in [3.63, 3.8) is 0 Å². The van der Waals surface area contributed by atoms with Crippen molar-refractivity contribution in [2.24, 2.45) is 0 Å². The maximum absolute atomic E-state index is 5.76. The Hall–Kier alpha value is -2.48.